The molecule has 3 heteroatoms. The lowest BCUT2D eigenvalue weighted by atomic mass is 10.2. The van der Waals surface area contributed by atoms with E-state index in [9.17, 15) is 4.79 Å². The molecule has 1 aromatic rings. The van der Waals surface area contributed by atoms with Gasteiger partial charge in [0.05, 0.1) is 6.26 Å². The van der Waals surface area contributed by atoms with Crippen molar-refractivity contribution in [2.24, 2.45) is 0 Å². The maximum Gasteiger partial charge on any atom is 0.229 e. The summed E-state index contributed by atoms with van der Waals surface area (Å²) < 4.78 is 4.72. The zero-order valence-corrected chi connectivity index (χ0v) is 6.33. The van der Waals surface area contributed by atoms with Gasteiger partial charge in [-0.3, -0.25) is 4.79 Å². The minimum Gasteiger partial charge on any atom is -0.502 e. The maximum atomic E-state index is 11.0. The van der Waals surface area contributed by atoms with E-state index in [2.05, 4.69) is 0 Å². The van der Waals surface area contributed by atoms with Crippen LogP contribution in [0.4, 0.5) is 0 Å². The first-order valence-corrected chi connectivity index (χ1v) is 3.54. The fourth-order valence-corrected chi connectivity index (χ4v) is 0.894. The molecule has 1 rings (SSSR count). The van der Waals surface area contributed by atoms with Gasteiger partial charge in [0.15, 0.2) is 5.75 Å². The molecule has 0 aliphatic rings. The molecule has 0 atom stereocenters. The Bertz CT molecular complexity index is 288. The standard InChI is InChI=1S/C8H10O3/c1-2-3-6-4-11-5-7(9)8(6)10/h4-5,9H,2-3H2,1H3. The summed E-state index contributed by atoms with van der Waals surface area (Å²) in [7, 11) is 0. The van der Waals surface area contributed by atoms with Gasteiger partial charge in [-0.2, -0.15) is 0 Å². The minimum absolute atomic E-state index is 0.309. The predicted octanol–water partition coefficient (Wildman–Crippen LogP) is 1.30. The molecule has 0 fully saturated rings. The van der Waals surface area contributed by atoms with Crippen LogP contribution in [0.1, 0.15) is 18.9 Å². The predicted molar refractivity (Wildman–Crippen MR) is 40.6 cm³/mol. The van der Waals surface area contributed by atoms with Crippen LogP contribution in [-0.4, -0.2) is 5.11 Å². The van der Waals surface area contributed by atoms with Crippen molar-refractivity contribution in [3.63, 3.8) is 0 Å². The van der Waals surface area contributed by atoms with Crippen LogP contribution in [-0.2, 0) is 6.42 Å². The first-order chi connectivity index (χ1) is 5.25. The van der Waals surface area contributed by atoms with Gasteiger partial charge in [-0.1, -0.05) is 13.3 Å². The Labute approximate surface area is 64.3 Å². The summed E-state index contributed by atoms with van der Waals surface area (Å²) in [5, 5.41) is 8.92. The van der Waals surface area contributed by atoms with Gasteiger partial charge in [0.25, 0.3) is 0 Å². The van der Waals surface area contributed by atoms with E-state index in [1.807, 2.05) is 6.92 Å². The fraction of sp³-hybridized carbons (Fsp3) is 0.375. The molecule has 0 spiro atoms. The second kappa shape index (κ2) is 3.23. The van der Waals surface area contributed by atoms with Crippen LogP contribution in [0.15, 0.2) is 21.7 Å². The van der Waals surface area contributed by atoms with Crippen molar-refractivity contribution < 1.29 is 9.52 Å². The number of aromatic hydroxyl groups is 1. The minimum atomic E-state index is -0.321. The van der Waals surface area contributed by atoms with E-state index < -0.39 is 0 Å². The van der Waals surface area contributed by atoms with Gasteiger partial charge in [0.2, 0.25) is 5.43 Å². The second-order valence-electron chi connectivity index (χ2n) is 2.36. The third-order valence-electron chi connectivity index (χ3n) is 1.43. The van der Waals surface area contributed by atoms with Crippen molar-refractivity contribution in [2.75, 3.05) is 0 Å². The highest BCUT2D eigenvalue weighted by molar-refractivity contribution is 5.20. The molecule has 1 aromatic heterocycles. The lowest BCUT2D eigenvalue weighted by Gasteiger charge is -1.95. The highest BCUT2D eigenvalue weighted by atomic mass is 16.3. The van der Waals surface area contributed by atoms with Crippen LogP contribution in [0.2, 0.25) is 0 Å². The van der Waals surface area contributed by atoms with Crippen molar-refractivity contribution in [2.45, 2.75) is 19.8 Å². The largest absolute Gasteiger partial charge is 0.502 e. The molecule has 0 saturated carbocycles. The van der Waals surface area contributed by atoms with E-state index in [0.717, 1.165) is 12.7 Å². The lowest BCUT2D eigenvalue weighted by molar-refractivity contribution is 0.425. The zero-order valence-electron chi connectivity index (χ0n) is 6.33. The molecule has 60 valence electrons. The summed E-state index contributed by atoms with van der Waals surface area (Å²) in [6, 6.07) is 0. The molecular formula is C8H10O3. The molecule has 1 N–H and O–H groups in total. The van der Waals surface area contributed by atoms with Gasteiger partial charge < -0.3 is 9.52 Å². The molecule has 0 aliphatic heterocycles. The Morgan fingerprint density at radius 1 is 1.55 bits per heavy atom. The van der Waals surface area contributed by atoms with Gasteiger partial charge in [-0.15, -0.1) is 0 Å². The van der Waals surface area contributed by atoms with Crippen LogP contribution in [0, 0.1) is 0 Å². The third-order valence-corrected chi connectivity index (χ3v) is 1.43. The molecule has 11 heavy (non-hydrogen) atoms. The Morgan fingerprint density at radius 3 is 2.91 bits per heavy atom. The summed E-state index contributed by atoms with van der Waals surface area (Å²) in [6.45, 7) is 1.96. The lowest BCUT2D eigenvalue weighted by Crippen LogP contribution is -2.06. The van der Waals surface area contributed by atoms with E-state index in [4.69, 9.17) is 9.52 Å². The van der Waals surface area contributed by atoms with E-state index in [-0.39, 0.29) is 11.2 Å². The van der Waals surface area contributed by atoms with Crippen molar-refractivity contribution >= 4 is 0 Å². The fourth-order valence-electron chi connectivity index (χ4n) is 0.894. The summed E-state index contributed by atoms with van der Waals surface area (Å²) in [5.74, 6) is -0.309. The monoisotopic (exact) mass is 154 g/mol. The van der Waals surface area contributed by atoms with Crippen molar-refractivity contribution in [1.82, 2.24) is 0 Å². The SMILES string of the molecule is CCCc1cocc(O)c1=O. The van der Waals surface area contributed by atoms with Crippen LogP contribution < -0.4 is 5.43 Å². The molecule has 0 unspecified atom stereocenters. The maximum absolute atomic E-state index is 11.0. The van der Waals surface area contributed by atoms with E-state index in [1.54, 1.807) is 0 Å². The van der Waals surface area contributed by atoms with Crippen LogP contribution >= 0.6 is 0 Å². The van der Waals surface area contributed by atoms with Crippen molar-refractivity contribution in [3.8, 4) is 5.75 Å². The average molecular weight is 154 g/mol. The molecule has 1 heterocycles. The van der Waals surface area contributed by atoms with Crippen LogP contribution in [0.5, 0.6) is 5.75 Å². The van der Waals surface area contributed by atoms with Gasteiger partial charge >= 0.3 is 0 Å². The van der Waals surface area contributed by atoms with E-state index >= 15 is 0 Å². The average Bonchev–Trinajstić information content (AvgIpc) is 1.99. The summed E-state index contributed by atoms with van der Waals surface area (Å²) in [6.07, 6.45) is 3.94. The smallest absolute Gasteiger partial charge is 0.229 e. The second-order valence-corrected chi connectivity index (χ2v) is 2.36. The topological polar surface area (TPSA) is 50.4 Å². The van der Waals surface area contributed by atoms with Gasteiger partial charge in [0.1, 0.15) is 6.26 Å². The molecule has 0 aliphatic carbocycles. The first-order valence-electron chi connectivity index (χ1n) is 3.54. The Kier molecular flexibility index (Phi) is 2.31. The molecule has 0 saturated heterocycles. The van der Waals surface area contributed by atoms with Gasteiger partial charge in [-0.05, 0) is 6.42 Å². The van der Waals surface area contributed by atoms with Crippen molar-refractivity contribution in [1.29, 1.82) is 0 Å². The highest BCUT2D eigenvalue weighted by Gasteiger charge is 2.02. The number of aryl methyl sites for hydroxylation is 1. The van der Waals surface area contributed by atoms with E-state index in [0.29, 0.717) is 12.0 Å². The summed E-state index contributed by atoms with van der Waals surface area (Å²) in [4.78, 5) is 11.0. The number of hydrogen-bond acceptors (Lipinski definition) is 3. The quantitative estimate of drug-likeness (QED) is 0.698. The summed E-state index contributed by atoms with van der Waals surface area (Å²) in [5.41, 5.74) is 0.214. The molecule has 0 aromatic carbocycles. The van der Waals surface area contributed by atoms with Crippen LogP contribution in [0.3, 0.4) is 0 Å². The molecule has 0 amide bonds. The van der Waals surface area contributed by atoms with Crippen LogP contribution in [0.25, 0.3) is 0 Å². The summed E-state index contributed by atoms with van der Waals surface area (Å²) >= 11 is 0. The Balaban J connectivity index is 3.07. The Hall–Kier alpha value is -1.25. The van der Waals surface area contributed by atoms with Gasteiger partial charge in [0, 0.05) is 5.56 Å². The van der Waals surface area contributed by atoms with Crippen molar-refractivity contribution in [3.05, 3.63) is 28.3 Å². The normalized spacial score (nSPS) is 9.91. The van der Waals surface area contributed by atoms with Gasteiger partial charge in [-0.25, -0.2) is 0 Å². The number of rotatable bonds is 2. The number of hydrogen-bond donors (Lipinski definition) is 1. The Morgan fingerprint density at radius 2 is 2.27 bits per heavy atom. The molecule has 0 radical (unpaired) electrons. The molecule has 0 bridgehead atoms. The third kappa shape index (κ3) is 1.61. The molecule has 3 nitrogen and oxygen atoms in total. The first kappa shape index (κ1) is 7.85. The van der Waals surface area contributed by atoms with E-state index in [1.165, 1.54) is 6.26 Å². The zero-order chi connectivity index (χ0) is 8.27. The highest BCUT2D eigenvalue weighted by Crippen LogP contribution is 2.03. The molecular weight excluding hydrogens is 144 g/mol.